The Balaban J connectivity index is 4.19. The molecule has 0 saturated carbocycles. The van der Waals surface area contributed by atoms with Crippen molar-refractivity contribution in [1.29, 1.82) is 0 Å². The zero-order valence-electron chi connectivity index (χ0n) is 39.5. The van der Waals surface area contributed by atoms with E-state index in [9.17, 15) is 28.9 Å². The highest BCUT2D eigenvalue weighted by molar-refractivity contribution is 7.45. The molecule has 1 unspecified atom stereocenters. The third kappa shape index (κ3) is 44.3. The van der Waals surface area contributed by atoms with E-state index in [1.807, 2.05) is 0 Å². The van der Waals surface area contributed by atoms with Crippen molar-refractivity contribution in [2.24, 2.45) is 0 Å². The third-order valence-electron chi connectivity index (χ3n) is 10.9. The monoisotopic (exact) mass is 897 g/mol. The maximum absolute atomic E-state index is 12.6. The van der Waals surface area contributed by atoms with Gasteiger partial charge in [-0.1, -0.05) is 211 Å². The van der Waals surface area contributed by atoms with Crippen molar-refractivity contribution < 1.29 is 53.2 Å². The first kappa shape index (κ1) is 59.7. The summed E-state index contributed by atoms with van der Waals surface area (Å²) in [7, 11) is -4.96. The van der Waals surface area contributed by atoms with Crippen LogP contribution in [0.25, 0.3) is 0 Å². The van der Waals surface area contributed by atoms with Crippen molar-refractivity contribution in [2.45, 2.75) is 244 Å². The highest BCUT2D eigenvalue weighted by Gasteiger charge is 2.22. The molecule has 3 atom stereocenters. The van der Waals surface area contributed by atoms with Gasteiger partial charge in [-0.2, -0.15) is 0 Å². The standard InChI is InChI=1S/C50H92NO10P/c1-3-5-7-9-11-13-15-17-19-20-21-22-23-24-25-26-28-29-31-33-35-37-39-41-48(52)58-43-46(44-59-62(56,57)60-45-47(51)50(54)55)61-49(53)42-40-38-36-34-32-30-27-18-16-14-12-10-8-6-4-2/h6,8,12,14,18,27,46-47H,3-5,7,9-11,13,15-17,19-26,28-45,51H2,1-2H3,(H,54,55)(H,56,57)/p-1/b8-6-,14-12-,27-18-/t46-,47+/m1/s1. The number of esters is 2. The van der Waals surface area contributed by atoms with Crippen LogP contribution in [0.4, 0.5) is 0 Å². The summed E-state index contributed by atoms with van der Waals surface area (Å²) in [6, 6.07) is -1.43. The summed E-state index contributed by atoms with van der Waals surface area (Å²) in [4.78, 5) is 48.2. The first-order valence-electron chi connectivity index (χ1n) is 25.0. The number of quaternary nitrogens is 1. The topological polar surface area (TPSA) is 179 Å². The van der Waals surface area contributed by atoms with Gasteiger partial charge in [0.1, 0.15) is 25.2 Å². The molecular weight excluding hydrogens is 806 g/mol. The molecule has 0 aromatic rings. The highest BCUT2D eigenvalue weighted by Crippen LogP contribution is 2.38. The fraction of sp³-hybridized carbons (Fsp3) is 0.820. The first-order valence-corrected chi connectivity index (χ1v) is 26.5. The lowest BCUT2D eigenvalue weighted by atomic mass is 10.0. The van der Waals surface area contributed by atoms with E-state index in [4.69, 9.17) is 14.0 Å². The van der Waals surface area contributed by atoms with Gasteiger partial charge in [0, 0.05) is 12.8 Å². The molecule has 362 valence electrons. The van der Waals surface area contributed by atoms with Crippen LogP contribution in [-0.4, -0.2) is 49.9 Å². The van der Waals surface area contributed by atoms with Crippen LogP contribution in [0, 0.1) is 0 Å². The van der Waals surface area contributed by atoms with Crippen LogP contribution in [-0.2, 0) is 37.5 Å². The van der Waals surface area contributed by atoms with E-state index < -0.39 is 51.1 Å². The second-order valence-corrected chi connectivity index (χ2v) is 18.4. The van der Waals surface area contributed by atoms with E-state index in [-0.39, 0.29) is 19.4 Å². The first-order chi connectivity index (χ1) is 30.1. The predicted octanol–water partition coefficient (Wildman–Crippen LogP) is 11.3. The Bertz CT molecular complexity index is 1190. The van der Waals surface area contributed by atoms with Gasteiger partial charge in [-0.15, -0.1) is 0 Å². The molecule has 0 spiro atoms. The fourth-order valence-corrected chi connectivity index (χ4v) is 7.81. The minimum Gasteiger partial charge on any atom is -0.756 e. The number of phosphoric acid groups is 1. The van der Waals surface area contributed by atoms with Crippen LogP contribution in [0.5, 0.6) is 0 Å². The van der Waals surface area contributed by atoms with E-state index in [0.717, 1.165) is 70.6 Å². The third-order valence-corrected chi connectivity index (χ3v) is 11.9. The number of hydrogen-bond acceptors (Lipinski definition) is 10. The van der Waals surface area contributed by atoms with E-state index in [0.29, 0.717) is 12.8 Å². The fourth-order valence-electron chi connectivity index (χ4n) is 7.02. The number of allylic oxidation sites excluding steroid dienone is 6. The van der Waals surface area contributed by atoms with Gasteiger partial charge in [0.25, 0.3) is 7.82 Å². The molecule has 62 heavy (non-hydrogen) atoms. The summed E-state index contributed by atoms with van der Waals surface area (Å²) in [5.74, 6) is -2.59. The molecule has 0 heterocycles. The molecule has 0 amide bonds. The molecule has 0 rings (SSSR count). The van der Waals surface area contributed by atoms with E-state index in [2.05, 4.69) is 60.6 Å². The van der Waals surface area contributed by atoms with Gasteiger partial charge in [0.05, 0.1) is 6.61 Å². The Morgan fingerprint density at radius 2 is 0.903 bits per heavy atom. The zero-order valence-corrected chi connectivity index (χ0v) is 40.4. The lowest BCUT2D eigenvalue weighted by Crippen LogP contribution is -2.70. The summed E-state index contributed by atoms with van der Waals surface area (Å²) in [5.41, 5.74) is 3.25. The van der Waals surface area contributed by atoms with Crippen LogP contribution in [0.1, 0.15) is 232 Å². The molecule has 3 N–H and O–H groups in total. The molecule has 0 fully saturated rings. The van der Waals surface area contributed by atoms with Crippen LogP contribution >= 0.6 is 7.82 Å². The second kappa shape index (κ2) is 45.3. The van der Waals surface area contributed by atoms with Crippen LogP contribution in [0.3, 0.4) is 0 Å². The van der Waals surface area contributed by atoms with Gasteiger partial charge in [0.2, 0.25) is 0 Å². The summed E-state index contributed by atoms with van der Waals surface area (Å²) in [6.45, 7) is 2.61. The number of unbranched alkanes of at least 4 members (excludes halogenated alkanes) is 27. The predicted molar refractivity (Wildman–Crippen MR) is 248 cm³/mol. The lowest BCUT2D eigenvalue weighted by Gasteiger charge is -2.26. The molecule has 12 heteroatoms. The van der Waals surface area contributed by atoms with E-state index >= 15 is 0 Å². The van der Waals surface area contributed by atoms with Crippen molar-refractivity contribution >= 4 is 25.7 Å². The molecule has 0 bridgehead atoms. The van der Waals surface area contributed by atoms with E-state index in [1.165, 1.54) is 122 Å². The molecule has 0 aliphatic carbocycles. The van der Waals surface area contributed by atoms with Gasteiger partial charge in [0.15, 0.2) is 6.10 Å². The number of carboxylic acid groups (broad SMARTS) is 1. The van der Waals surface area contributed by atoms with Crippen LogP contribution in [0.2, 0.25) is 0 Å². The Morgan fingerprint density at radius 3 is 1.35 bits per heavy atom. The summed E-state index contributed by atoms with van der Waals surface area (Å²) in [6.07, 6.45) is 50.6. The molecule has 0 aromatic carbocycles. The number of carbonyl (C=O) groups is 3. The van der Waals surface area contributed by atoms with Crippen molar-refractivity contribution in [2.75, 3.05) is 19.8 Å². The van der Waals surface area contributed by atoms with Gasteiger partial charge >= 0.3 is 11.9 Å². The zero-order chi connectivity index (χ0) is 45.6. The average molecular weight is 897 g/mol. The van der Waals surface area contributed by atoms with Gasteiger partial charge in [-0.05, 0) is 44.9 Å². The molecule has 0 radical (unpaired) electrons. The Hall–Kier alpha value is -2.30. The van der Waals surface area contributed by atoms with Crippen LogP contribution in [0.15, 0.2) is 36.5 Å². The van der Waals surface area contributed by atoms with Crippen molar-refractivity contribution in [3.8, 4) is 0 Å². The number of ether oxygens (including phenoxy) is 2. The number of carbonyl (C=O) groups excluding carboxylic acids is 3. The van der Waals surface area contributed by atoms with Gasteiger partial charge < -0.3 is 39.0 Å². The summed E-state index contributed by atoms with van der Waals surface area (Å²) >= 11 is 0. The minimum atomic E-state index is -4.96. The minimum absolute atomic E-state index is 0.129. The van der Waals surface area contributed by atoms with Crippen molar-refractivity contribution in [3.63, 3.8) is 0 Å². The molecule has 0 aliphatic rings. The number of phosphoric ester groups is 1. The Labute approximate surface area is 378 Å². The SMILES string of the molecule is CC/C=C\C/C=C\C/C=C\CCCCCCCC(=O)O[C@H](COC(=O)CCCCCCCCCCCCCCCCCCCCCCCCC)COP(=O)([O-])OC[C@H]([NH3+])C(=O)[O-]. The molecule has 0 aliphatic heterocycles. The average Bonchev–Trinajstić information content (AvgIpc) is 3.25. The number of aliphatic carboxylic acids is 1. The second-order valence-electron chi connectivity index (χ2n) is 17.0. The Morgan fingerprint density at radius 1 is 0.516 bits per heavy atom. The van der Waals surface area contributed by atoms with Crippen LogP contribution < -0.4 is 15.7 Å². The van der Waals surface area contributed by atoms with Gasteiger partial charge in [-0.3, -0.25) is 14.2 Å². The van der Waals surface area contributed by atoms with E-state index in [1.54, 1.807) is 0 Å². The smallest absolute Gasteiger partial charge is 0.306 e. The maximum atomic E-state index is 12.6. The normalized spacial score (nSPS) is 13.9. The quantitative estimate of drug-likeness (QED) is 0.0267. The Kier molecular flexibility index (Phi) is 43.6. The molecular formula is C50H91NO10P-. The molecule has 0 aromatic heterocycles. The van der Waals surface area contributed by atoms with Crippen molar-refractivity contribution in [3.05, 3.63) is 36.5 Å². The summed E-state index contributed by atoms with van der Waals surface area (Å²) in [5, 5.41) is 10.9. The van der Waals surface area contributed by atoms with Gasteiger partial charge in [-0.25, -0.2) is 0 Å². The number of hydrogen-bond donors (Lipinski definition) is 1. The summed E-state index contributed by atoms with van der Waals surface area (Å²) < 4.78 is 32.4. The molecule has 0 saturated heterocycles. The van der Waals surface area contributed by atoms with Crippen molar-refractivity contribution in [1.82, 2.24) is 0 Å². The molecule has 11 nitrogen and oxygen atoms in total. The largest absolute Gasteiger partial charge is 0.756 e. The highest BCUT2D eigenvalue weighted by atomic mass is 31.2. The lowest BCUT2D eigenvalue weighted by molar-refractivity contribution is -0.441. The number of rotatable bonds is 47. The number of carboxylic acids is 1. The maximum Gasteiger partial charge on any atom is 0.306 e.